The van der Waals surface area contributed by atoms with Gasteiger partial charge in [-0.15, -0.1) is 0 Å². The number of hydrogen-bond acceptors (Lipinski definition) is 2. The van der Waals surface area contributed by atoms with Crippen LogP contribution in [0, 0.1) is 11.7 Å². The van der Waals surface area contributed by atoms with Crippen molar-refractivity contribution in [1.29, 1.82) is 0 Å². The first kappa shape index (κ1) is 16.9. The van der Waals surface area contributed by atoms with E-state index in [0.717, 1.165) is 25.0 Å². The molecule has 1 rings (SSSR count). The minimum absolute atomic E-state index is 0.352. The summed E-state index contributed by atoms with van der Waals surface area (Å²) in [4.78, 5) is 0. The molecule has 1 unspecified atom stereocenters. The summed E-state index contributed by atoms with van der Waals surface area (Å²) in [6.07, 6.45) is -2.29. The number of benzene rings is 1. The molecule has 114 valence electrons. The van der Waals surface area contributed by atoms with Gasteiger partial charge in [-0.3, -0.25) is 11.3 Å². The molecule has 1 atom stereocenters. The van der Waals surface area contributed by atoms with Crippen molar-refractivity contribution >= 4 is 0 Å². The van der Waals surface area contributed by atoms with Gasteiger partial charge in [0.15, 0.2) is 0 Å². The maximum atomic E-state index is 13.2. The highest BCUT2D eigenvalue weighted by molar-refractivity contribution is 5.29. The third-order valence-corrected chi connectivity index (χ3v) is 3.17. The van der Waals surface area contributed by atoms with Gasteiger partial charge in [-0.1, -0.05) is 32.8 Å². The molecule has 0 bridgehead atoms. The highest BCUT2D eigenvalue weighted by Crippen LogP contribution is 2.33. The lowest BCUT2D eigenvalue weighted by Crippen LogP contribution is -2.28. The number of hydrogen-bond donors (Lipinski definition) is 2. The van der Waals surface area contributed by atoms with Crippen LogP contribution in [0.3, 0.4) is 0 Å². The molecule has 0 heterocycles. The van der Waals surface area contributed by atoms with Crippen molar-refractivity contribution in [2.24, 2.45) is 11.8 Å². The Balaban J connectivity index is 2.88. The van der Waals surface area contributed by atoms with Crippen molar-refractivity contribution in [3.63, 3.8) is 0 Å². The van der Waals surface area contributed by atoms with Crippen molar-refractivity contribution in [3.05, 3.63) is 35.1 Å². The zero-order valence-electron chi connectivity index (χ0n) is 11.6. The van der Waals surface area contributed by atoms with E-state index in [0.29, 0.717) is 17.9 Å². The zero-order chi connectivity index (χ0) is 15.3. The average Bonchev–Trinajstić information content (AvgIpc) is 2.34. The minimum atomic E-state index is -4.70. The summed E-state index contributed by atoms with van der Waals surface area (Å²) in [6.45, 7) is 4.15. The van der Waals surface area contributed by atoms with Gasteiger partial charge >= 0.3 is 6.18 Å². The Kier molecular flexibility index (Phi) is 5.95. The summed E-state index contributed by atoms with van der Waals surface area (Å²) in [7, 11) is 0. The van der Waals surface area contributed by atoms with E-state index in [2.05, 4.69) is 19.3 Å². The molecule has 0 aliphatic carbocycles. The van der Waals surface area contributed by atoms with Crippen LogP contribution >= 0.6 is 0 Å². The predicted molar refractivity (Wildman–Crippen MR) is 70.2 cm³/mol. The Labute approximate surface area is 116 Å². The van der Waals surface area contributed by atoms with Crippen molar-refractivity contribution in [2.75, 3.05) is 0 Å². The van der Waals surface area contributed by atoms with Gasteiger partial charge in [0.2, 0.25) is 0 Å². The van der Waals surface area contributed by atoms with E-state index in [9.17, 15) is 17.6 Å². The van der Waals surface area contributed by atoms with Crippen LogP contribution in [0.2, 0.25) is 0 Å². The fourth-order valence-electron chi connectivity index (χ4n) is 2.05. The van der Waals surface area contributed by atoms with E-state index in [1.54, 1.807) is 0 Å². The monoisotopic (exact) mass is 292 g/mol. The topological polar surface area (TPSA) is 38.0 Å². The van der Waals surface area contributed by atoms with Gasteiger partial charge in [-0.25, -0.2) is 4.39 Å². The molecular formula is C14H20F4N2. The van der Waals surface area contributed by atoms with Crippen molar-refractivity contribution < 1.29 is 17.6 Å². The number of nitrogens with one attached hydrogen (secondary N) is 1. The third-order valence-electron chi connectivity index (χ3n) is 3.17. The summed E-state index contributed by atoms with van der Waals surface area (Å²) >= 11 is 0. The lowest BCUT2D eigenvalue weighted by atomic mass is 9.97. The molecule has 1 aromatic carbocycles. The van der Waals surface area contributed by atoms with Gasteiger partial charge in [-0.05, 0) is 30.0 Å². The van der Waals surface area contributed by atoms with E-state index >= 15 is 0 Å². The normalized spacial score (nSPS) is 13.8. The molecular weight excluding hydrogens is 272 g/mol. The molecule has 3 N–H and O–H groups in total. The Morgan fingerprint density at radius 1 is 1.20 bits per heavy atom. The van der Waals surface area contributed by atoms with Gasteiger partial charge in [0.1, 0.15) is 5.82 Å². The molecule has 0 aliphatic rings. The Morgan fingerprint density at radius 3 is 2.35 bits per heavy atom. The summed E-state index contributed by atoms with van der Waals surface area (Å²) in [5.41, 5.74) is 1.60. The standard InChI is InChI=1S/C14H20F4N2/c1-9(2)4-3-5-13(20-19)10-6-7-12(15)11(8-10)14(16,17)18/h6-9,13,20H,3-5,19H2,1-2H3. The lowest BCUT2D eigenvalue weighted by Gasteiger charge is -2.18. The van der Waals surface area contributed by atoms with Gasteiger partial charge < -0.3 is 0 Å². The zero-order valence-corrected chi connectivity index (χ0v) is 11.6. The number of rotatable bonds is 6. The van der Waals surface area contributed by atoms with Crippen LogP contribution in [0.1, 0.15) is 50.3 Å². The molecule has 20 heavy (non-hydrogen) atoms. The van der Waals surface area contributed by atoms with E-state index in [1.165, 1.54) is 6.07 Å². The van der Waals surface area contributed by atoms with Crippen molar-refractivity contribution in [3.8, 4) is 0 Å². The van der Waals surface area contributed by atoms with Crippen LogP contribution < -0.4 is 11.3 Å². The first-order chi connectivity index (χ1) is 9.25. The van der Waals surface area contributed by atoms with Crippen molar-refractivity contribution in [2.45, 2.75) is 45.3 Å². The van der Waals surface area contributed by atoms with E-state index in [4.69, 9.17) is 5.84 Å². The molecule has 0 radical (unpaired) electrons. The molecule has 0 saturated heterocycles. The van der Waals surface area contributed by atoms with Gasteiger partial charge in [0.05, 0.1) is 5.56 Å². The molecule has 1 aromatic rings. The molecule has 0 fully saturated rings. The second-order valence-corrected chi connectivity index (χ2v) is 5.28. The van der Waals surface area contributed by atoms with Crippen LogP contribution in [0.4, 0.5) is 17.6 Å². The van der Waals surface area contributed by atoms with E-state index in [-0.39, 0.29) is 0 Å². The third kappa shape index (κ3) is 4.76. The summed E-state index contributed by atoms with van der Waals surface area (Å²) in [5.74, 6) is 4.65. The molecule has 0 amide bonds. The highest BCUT2D eigenvalue weighted by atomic mass is 19.4. The number of hydrazine groups is 1. The first-order valence-electron chi connectivity index (χ1n) is 6.58. The Bertz CT molecular complexity index is 430. The largest absolute Gasteiger partial charge is 0.419 e. The SMILES string of the molecule is CC(C)CCCC(NN)c1ccc(F)c(C(F)(F)F)c1. The highest BCUT2D eigenvalue weighted by Gasteiger charge is 2.34. The van der Waals surface area contributed by atoms with E-state index < -0.39 is 23.6 Å². The lowest BCUT2D eigenvalue weighted by molar-refractivity contribution is -0.140. The molecule has 0 spiro atoms. The van der Waals surface area contributed by atoms with Crippen LogP contribution in [0.25, 0.3) is 0 Å². The Hall–Kier alpha value is -1.14. The maximum Gasteiger partial charge on any atom is 0.419 e. The van der Waals surface area contributed by atoms with Gasteiger partial charge in [0.25, 0.3) is 0 Å². The number of nitrogens with two attached hydrogens (primary N) is 1. The molecule has 0 aliphatic heterocycles. The first-order valence-corrected chi connectivity index (χ1v) is 6.58. The van der Waals surface area contributed by atoms with E-state index in [1.807, 2.05) is 0 Å². The smallest absolute Gasteiger partial charge is 0.271 e. The minimum Gasteiger partial charge on any atom is -0.271 e. The molecule has 6 heteroatoms. The van der Waals surface area contributed by atoms with Gasteiger partial charge in [-0.2, -0.15) is 13.2 Å². The second kappa shape index (κ2) is 7.04. The number of alkyl halides is 3. The molecule has 0 aromatic heterocycles. The number of halogens is 4. The summed E-state index contributed by atoms with van der Waals surface area (Å²) in [6, 6.07) is 2.60. The molecule has 2 nitrogen and oxygen atoms in total. The summed E-state index contributed by atoms with van der Waals surface area (Å²) in [5, 5.41) is 0. The summed E-state index contributed by atoms with van der Waals surface area (Å²) < 4.78 is 51.2. The van der Waals surface area contributed by atoms with Gasteiger partial charge in [0, 0.05) is 6.04 Å². The van der Waals surface area contributed by atoms with Crippen LogP contribution in [0.5, 0.6) is 0 Å². The maximum absolute atomic E-state index is 13.2. The Morgan fingerprint density at radius 2 is 1.85 bits per heavy atom. The fraction of sp³-hybridized carbons (Fsp3) is 0.571. The van der Waals surface area contributed by atoms with Crippen LogP contribution in [-0.4, -0.2) is 0 Å². The molecule has 0 saturated carbocycles. The van der Waals surface area contributed by atoms with Crippen LogP contribution in [-0.2, 0) is 6.18 Å². The average molecular weight is 292 g/mol. The van der Waals surface area contributed by atoms with Crippen molar-refractivity contribution in [1.82, 2.24) is 5.43 Å². The predicted octanol–water partition coefficient (Wildman–Crippen LogP) is 4.18. The fourth-order valence-corrected chi connectivity index (χ4v) is 2.05. The second-order valence-electron chi connectivity index (χ2n) is 5.28. The quantitative estimate of drug-likeness (QED) is 0.469. The van der Waals surface area contributed by atoms with Crippen LogP contribution in [0.15, 0.2) is 18.2 Å².